The zero-order chi connectivity index (χ0) is 19.1. The van der Waals surface area contributed by atoms with Gasteiger partial charge in [-0.1, -0.05) is 0 Å². The maximum atomic E-state index is 14.3. The van der Waals surface area contributed by atoms with Gasteiger partial charge in [-0.15, -0.1) is 0 Å². The number of aromatic nitrogens is 4. The number of hydrogen-bond donors (Lipinski definition) is 0. The van der Waals surface area contributed by atoms with Crippen LogP contribution in [0.1, 0.15) is 22.3 Å². The van der Waals surface area contributed by atoms with E-state index in [2.05, 4.69) is 21.0 Å². The maximum Gasteiger partial charge on any atom is 0.234 e. The number of benzene rings is 1. The fourth-order valence-electron chi connectivity index (χ4n) is 3.14. The lowest BCUT2D eigenvalue weighted by atomic mass is 10.1. The van der Waals surface area contributed by atoms with E-state index in [-0.39, 0.29) is 5.82 Å². The lowest BCUT2D eigenvalue weighted by Gasteiger charge is -2.10. The summed E-state index contributed by atoms with van der Waals surface area (Å²) < 4.78 is 16.0. The van der Waals surface area contributed by atoms with Gasteiger partial charge in [0.25, 0.3) is 0 Å². The average Bonchev–Trinajstić information content (AvgIpc) is 2.98. The summed E-state index contributed by atoms with van der Waals surface area (Å²) in [5.41, 5.74) is 4.80. The molecule has 0 N–H and O–H groups in total. The molecule has 0 saturated heterocycles. The van der Waals surface area contributed by atoms with Gasteiger partial charge in [-0.2, -0.15) is 5.26 Å². The minimum Gasteiger partial charge on any atom is -0.275 e. The Balaban J connectivity index is 2.19. The third kappa shape index (κ3) is 2.64. The number of hydrogen-bond acceptors (Lipinski definition) is 4. The van der Waals surface area contributed by atoms with Crippen molar-refractivity contribution in [3.8, 4) is 23.4 Å². The summed E-state index contributed by atoms with van der Waals surface area (Å²) in [4.78, 5) is 13.2. The summed E-state index contributed by atoms with van der Waals surface area (Å²) in [5.74, 6) is 0.0507. The Hall–Kier alpha value is -3.59. The zero-order valence-corrected chi connectivity index (χ0v) is 15.2. The zero-order valence-electron chi connectivity index (χ0n) is 15.2. The standard InChI is InChI=1S/C21H16FN5/c1-12-7-18(26-11-14(12)3)20-16(10-23)15-9-17(22)13(2)8-19(15)27(20)21-24-5-4-6-25-21/h4-9,11H,1-3H3. The second-order valence-electron chi connectivity index (χ2n) is 6.49. The van der Waals surface area contributed by atoms with Gasteiger partial charge in [0, 0.05) is 24.0 Å². The molecule has 4 aromatic rings. The maximum absolute atomic E-state index is 14.3. The highest BCUT2D eigenvalue weighted by atomic mass is 19.1. The number of fused-ring (bicyclic) bond motifs is 1. The Labute approximate surface area is 155 Å². The summed E-state index contributed by atoms with van der Waals surface area (Å²) in [6.45, 7) is 5.66. The van der Waals surface area contributed by atoms with E-state index in [9.17, 15) is 9.65 Å². The summed E-state index contributed by atoms with van der Waals surface area (Å²) in [5, 5.41) is 10.4. The smallest absolute Gasteiger partial charge is 0.234 e. The first kappa shape index (κ1) is 16.9. The third-order valence-corrected chi connectivity index (χ3v) is 4.73. The van der Waals surface area contributed by atoms with Crippen molar-refractivity contribution in [1.82, 2.24) is 19.5 Å². The second-order valence-corrected chi connectivity index (χ2v) is 6.49. The Bertz CT molecular complexity index is 1220. The van der Waals surface area contributed by atoms with Crippen LogP contribution in [-0.4, -0.2) is 19.5 Å². The van der Waals surface area contributed by atoms with Crippen LogP contribution in [0.2, 0.25) is 0 Å². The molecule has 0 aliphatic rings. The SMILES string of the molecule is Cc1cnc(-c2c(C#N)c3cc(F)c(C)cc3n2-c2ncccn2)cc1C. The lowest BCUT2D eigenvalue weighted by Crippen LogP contribution is -2.04. The van der Waals surface area contributed by atoms with Gasteiger partial charge in [-0.25, -0.2) is 14.4 Å². The number of rotatable bonds is 2. The topological polar surface area (TPSA) is 67.4 Å². The summed E-state index contributed by atoms with van der Waals surface area (Å²) >= 11 is 0. The van der Waals surface area contributed by atoms with Gasteiger partial charge in [0.05, 0.1) is 22.5 Å². The highest BCUT2D eigenvalue weighted by Gasteiger charge is 2.23. The van der Waals surface area contributed by atoms with Gasteiger partial charge in [0.15, 0.2) is 0 Å². The molecule has 132 valence electrons. The molecule has 1 aromatic carbocycles. The minimum atomic E-state index is -0.357. The van der Waals surface area contributed by atoms with Crippen molar-refractivity contribution in [3.05, 3.63) is 70.9 Å². The number of nitrogens with zero attached hydrogens (tertiary/aromatic N) is 5. The highest BCUT2D eigenvalue weighted by molar-refractivity contribution is 5.95. The van der Waals surface area contributed by atoms with Crippen LogP contribution in [0, 0.1) is 37.9 Å². The van der Waals surface area contributed by atoms with Crippen LogP contribution in [0.15, 0.2) is 42.9 Å². The van der Waals surface area contributed by atoms with Gasteiger partial charge < -0.3 is 0 Å². The Morgan fingerprint density at radius 2 is 1.70 bits per heavy atom. The van der Waals surface area contributed by atoms with E-state index in [1.165, 1.54) is 6.07 Å². The van der Waals surface area contributed by atoms with Crippen LogP contribution in [0.4, 0.5) is 4.39 Å². The van der Waals surface area contributed by atoms with Crippen LogP contribution in [-0.2, 0) is 0 Å². The number of pyridine rings is 1. The molecule has 0 aliphatic carbocycles. The number of aryl methyl sites for hydroxylation is 3. The summed E-state index contributed by atoms with van der Waals surface area (Å²) in [6.07, 6.45) is 5.04. The van der Waals surface area contributed by atoms with Gasteiger partial charge in [0.2, 0.25) is 5.95 Å². The predicted molar refractivity (Wildman–Crippen MR) is 101 cm³/mol. The first-order valence-electron chi connectivity index (χ1n) is 8.47. The average molecular weight is 357 g/mol. The molecular weight excluding hydrogens is 341 g/mol. The van der Waals surface area contributed by atoms with Crippen molar-refractivity contribution in [1.29, 1.82) is 5.26 Å². The van der Waals surface area contributed by atoms with Gasteiger partial charge in [-0.3, -0.25) is 9.55 Å². The van der Waals surface area contributed by atoms with E-state index in [4.69, 9.17) is 0 Å². The van der Waals surface area contributed by atoms with E-state index in [0.717, 1.165) is 11.1 Å². The first-order chi connectivity index (χ1) is 13.0. The minimum absolute atomic E-state index is 0.354. The Morgan fingerprint density at radius 1 is 0.963 bits per heavy atom. The molecule has 4 rings (SSSR count). The molecule has 0 bridgehead atoms. The Kier molecular flexibility index (Phi) is 3.93. The van der Waals surface area contributed by atoms with Gasteiger partial charge >= 0.3 is 0 Å². The Morgan fingerprint density at radius 3 is 2.37 bits per heavy atom. The van der Waals surface area contributed by atoms with Crippen molar-refractivity contribution in [2.24, 2.45) is 0 Å². The normalized spacial score (nSPS) is 10.9. The molecule has 0 radical (unpaired) electrons. The van der Waals surface area contributed by atoms with E-state index in [1.54, 1.807) is 42.2 Å². The summed E-state index contributed by atoms with van der Waals surface area (Å²) in [6, 6.07) is 8.98. The van der Waals surface area contributed by atoms with Crippen molar-refractivity contribution in [2.45, 2.75) is 20.8 Å². The predicted octanol–water partition coefficient (Wildman–Crippen LogP) is 4.42. The van der Waals surface area contributed by atoms with Gasteiger partial charge in [0.1, 0.15) is 11.9 Å². The van der Waals surface area contributed by atoms with Gasteiger partial charge in [-0.05, 0) is 61.7 Å². The van der Waals surface area contributed by atoms with E-state index >= 15 is 0 Å². The monoisotopic (exact) mass is 357 g/mol. The van der Waals surface area contributed by atoms with E-state index in [0.29, 0.717) is 39.4 Å². The number of halogens is 1. The fourth-order valence-corrected chi connectivity index (χ4v) is 3.14. The van der Waals surface area contributed by atoms with Crippen molar-refractivity contribution in [2.75, 3.05) is 0 Å². The van der Waals surface area contributed by atoms with Crippen molar-refractivity contribution in [3.63, 3.8) is 0 Å². The molecule has 0 amide bonds. The molecule has 0 aliphatic heterocycles. The molecule has 3 heterocycles. The number of nitriles is 1. The molecular formula is C21H16FN5. The van der Waals surface area contributed by atoms with Crippen LogP contribution in [0.25, 0.3) is 28.2 Å². The second kappa shape index (κ2) is 6.29. The first-order valence-corrected chi connectivity index (χ1v) is 8.47. The molecule has 6 heteroatoms. The molecule has 27 heavy (non-hydrogen) atoms. The highest BCUT2D eigenvalue weighted by Crippen LogP contribution is 2.36. The molecule has 3 aromatic heterocycles. The summed E-state index contributed by atoms with van der Waals surface area (Å²) in [7, 11) is 0. The van der Waals surface area contributed by atoms with Crippen molar-refractivity contribution < 1.29 is 4.39 Å². The lowest BCUT2D eigenvalue weighted by molar-refractivity contribution is 0.620. The van der Waals surface area contributed by atoms with E-state index in [1.807, 2.05) is 19.9 Å². The van der Waals surface area contributed by atoms with Crippen LogP contribution < -0.4 is 0 Å². The largest absolute Gasteiger partial charge is 0.275 e. The molecule has 0 spiro atoms. The molecule has 0 fully saturated rings. The third-order valence-electron chi connectivity index (χ3n) is 4.73. The molecule has 0 atom stereocenters. The fraction of sp³-hybridized carbons (Fsp3) is 0.143. The molecule has 5 nitrogen and oxygen atoms in total. The van der Waals surface area contributed by atoms with Crippen LogP contribution in [0.5, 0.6) is 0 Å². The molecule has 0 saturated carbocycles. The van der Waals surface area contributed by atoms with Crippen LogP contribution in [0.3, 0.4) is 0 Å². The van der Waals surface area contributed by atoms with Crippen molar-refractivity contribution >= 4 is 10.9 Å². The quantitative estimate of drug-likeness (QED) is 0.533. The van der Waals surface area contributed by atoms with E-state index < -0.39 is 0 Å². The van der Waals surface area contributed by atoms with Crippen LogP contribution >= 0.6 is 0 Å². The molecule has 0 unspecified atom stereocenters.